The zero-order chi connectivity index (χ0) is 14.8. The van der Waals surface area contributed by atoms with Gasteiger partial charge in [-0.15, -0.1) is 0 Å². The zero-order valence-corrected chi connectivity index (χ0v) is 11.5. The summed E-state index contributed by atoms with van der Waals surface area (Å²) in [7, 11) is 0. The molecule has 0 spiro atoms. The predicted octanol–water partition coefficient (Wildman–Crippen LogP) is 0.590. The average Bonchev–Trinajstić information content (AvgIpc) is 2.65. The second-order valence-electron chi connectivity index (χ2n) is 4.77. The minimum atomic E-state index is -1.12. The lowest BCUT2D eigenvalue weighted by Gasteiger charge is -2.22. The third kappa shape index (κ3) is 2.36. The summed E-state index contributed by atoms with van der Waals surface area (Å²) in [5.41, 5.74) is -0.429. The molecule has 20 heavy (non-hydrogen) atoms. The van der Waals surface area contributed by atoms with Gasteiger partial charge < -0.3 is 10.6 Å². The van der Waals surface area contributed by atoms with Gasteiger partial charge in [0.15, 0.2) is 0 Å². The van der Waals surface area contributed by atoms with Crippen LogP contribution in [0.25, 0.3) is 0 Å². The second kappa shape index (κ2) is 5.32. The number of carbonyl (C=O) groups excluding carboxylic acids is 3. The maximum atomic E-state index is 12.4. The summed E-state index contributed by atoms with van der Waals surface area (Å²) in [6, 6.07) is 8.42. The summed E-state index contributed by atoms with van der Waals surface area (Å²) >= 11 is 0. The van der Waals surface area contributed by atoms with Crippen LogP contribution in [-0.4, -0.2) is 35.8 Å². The van der Waals surface area contributed by atoms with Crippen LogP contribution in [0.3, 0.4) is 0 Å². The maximum absolute atomic E-state index is 12.4. The van der Waals surface area contributed by atoms with E-state index in [9.17, 15) is 14.4 Å². The van der Waals surface area contributed by atoms with E-state index in [1.54, 1.807) is 38.1 Å². The van der Waals surface area contributed by atoms with Crippen molar-refractivity contribution in [3.05, 3.63) is 35.9 Å². The van der Waals surface area contributed by atoms with E-state index in [4.69, 9.17) is 0 Å². The summed E-state index contributed by atoms with van der Waals surface area (Å²) < 4.78 is 0. The molecule has 4 amide bonds. The number of hydrogen-bond acceptors (Lipinski definition) is 3. The van der Waals surface area contributed by atoms with Crippen LogP contribution in [0.5, 0.6) is 0 Å². The van der Waals surface area contributed by atoms with Crippen LogP contribution < -0.4 is 10.6 Å². The van der Waals surface area contributed by atoms with Gasteiger partial charge in [0.25, 0.3) is 5.91 Å². The Labute approximate surface area is 117 Å². The molecule has 6 nitrogen and oxygen atoms in total. The van der Waals surface area contributed by atoms with Crippen molar-refractivity contribution >= 4 is 17.8 Å². The summed E-state index contributed by atoms with van der Waals surface area (Å²) in [6.07, 6.45) is 0. The number of carbonyl (C=O) groups is 3. The first kappa shape index (κ1) is 14.0. The van der Waals surface area contributed by atoms with E-state index < -0.39 is 17.5 Å². The van der Waals surface area contributed by atoms with Gasteiger partial charge in [0.2, 0.25) is 5.91 Å². The van der Waals surface area contributed by atoms with Crippen molar-refractivity contribution in [3.8, 4) is 0 Å². The Morgan fingerprint density at radius 3 is 2.55 bits per heavy atom. The molecule has 1 fully saturated rings. The first-order valence-electron chi connectivity index (χ1n) is 6.45. The number of urea groups is 1. The Balaban J connectivity index is 2.22. The summed E-state index contributed by atoms with van der Waals surface area (Å²) in [5, 5.41) is 5.22. The minimum absolute atomic E-state index is 0.263. The molecule has 0 aliphatic carbocycles. The molecule has 0 saturated carbocycles. The monoisotopic (exact) mass is 275 g/mol. The molecule has 0 radical (unpaired) electrons. The fourth-order valence-corrected chi connectivity index (χ4v) is 2.20. The van der Waals surface area contributed by atoms with E-state index in [1.807, 2.05) is 6.07 Å². The molecule has 1 heterocycles. The number of nitrogens with zero attached hydrogens (tertiary/aromatic N) is 1. The fraction of sp³-hybridized carbons (Fsp3) is 0.357. The molecule has 1 atom stereocenters. The third-order valence-electron chi connectivity index (χ3n) is 3.30. The van der Waals surface area contributed by atoms with E-state index in [2.05, 4.69) is 10.6 Å². The molecule has 2 rings (SSSR count). The highest BCUT2D eigenvalue weighted by molar-refractivity contribution is 6.09. The molecule has 1 saturated heterocycles. The van der Waals surface area contributed by atoms with Crippen LogP contribution in [0.4, 0.5) is 4.79 Å². The van der Waals surface area contributed by atoms with Crippen molar-refractivity contribution in [1.82, 2.24) is 15.5 Å². The molecular weight excluding hydrogens is 258 g/mol. The third-order valence-corrected chi connectivity index (χ3v) is 3.30. The lowest BCUT2D eigenvalue weighted by atomic mass is 9.92. The number of benzene rings is 1. The Kier molecular flexibility index (Phi) is 3.74. The average molecular weight is 275 g/mol. The van der Waals surface area contributed by atoms with Crippen LogP contribution >= 0.6 is 0 Å². The Morgan fingerprint density at radius 1 is 1.30 bits per heavy atom. The smallest absolute Gasteiger partial charge is 0.325 e. The summed E-state index contributed by atoms with van der Waals surface area (Å²) in [4.78, 5) is 36.9. The number of nitrogens with one attached hydrogen (secondary N) is 2. The van der Waals surface area contributed by atoms with Crippen LogP contribution in [0.2, 0.25) is 0 Å². The highest BCUT2D eigenvalue weighted by atomic mass is 16.2. The van der Waals surface area contributed by atoms with Crippen LogP contribution in [0.1, 0.15) is 19.4 Å². The molecule has 0 aromatic heterocycles. The van der Waals surface area contributed by atoms with Gasteiger partial charge >= 0.3 is 6.03 Å². The quantitative estimate of drug-likeness (QED) is 0.789. The number of imide groups is 1. The van der Waals surface area contributed by atoms with Gasteiger partial charge in [-0.1, -0.05) is 30.3 Å². The highest BCUT2D eigenvalue weighted by Crippen LogP contribution is 2.28. The fourth-order valence-electron chi connectivity index (χ4n) is 2.20. The topological polar surface area (TPSA) is 78.5 Å². The lowest BCUT2D eigenvalue weighted by molar-refractivity contribution is -0.134. The van der Waals surface area contributed by atoms with Crippen molar-refractivity contribution in [2.24, 2.45) is 0 Å². The molecule has 106 valence electrons. The predicted molar refractivity (Wildman–Crippen MR) is 72.7 cm³/mol. The van der Waals surface area contributed by atoms with E-state index in [-0.39, 0.29) is 12.5 Å². The van der Waals surface area contributed by atoms with Gasteiger partial charge in [-0.05, 0) is 19.4 Å². The summed E-state index contributed by atoms with van der Waals surface area (Å²) in [6.45, 7) is 3.61. The lowest BCUT2D eigenvalue weighted by Crippen LogP contribution is -2.43. The molecule has 2 N–H and O–H groups in total. The van der Waals surface area contributed by atoms with Gasteiger partial charge in [-0.3, -0.25) is 14.5 Å². The minimum Gasteiger partial charge on any atom is -0.355 e. The number of amides is 4. The van der Waals surface area contributed by atoms with E-state index in [0.29, 0.717) is 12.1 Å². The van der Waals surface area contributed by atoms with Crippen LogP contribution in [0, 0.1) is 0 Å². The number of hydrogen-bond donors (Lipinski definition) is 2. The van der Waals surface area contributed by atoms with E-state index in [1.165, 1.54) is 0 Å². The Bertz CT molecular complexity index is 544. The van der Waals surface area contributed by atoms with Gasteiger partial charge in [0.1, 0.15) is 12.1 Å². The van der Waals surface area contributed by atoms with Crippen molar-refractivity contribution in [2.45, 2.75) is 19.4 Å². The first-order valence-corrected chi connectivity index (χ1v) is 6.45. The van der Waals surface area contributed by atoms with Crippen molar-refractivity contribution in [3.63, 3.8) is 0 Å². The van der Waals surface area contributed by atoms with E-state index in [0.717, 1.165) is 4.90 Å². The highest BCUT2D eigenvalue weighted by Gasteiger charge is 2.49. The molecule has 6 heteroatoms. The molecule has 1 aliphatic rings. The Hall–Kier alpha value is -2.37. The molecule has 1 aromatic carbocycles. The molecule has 0 bridgehead atoms. The van der Waals surface area contributed by atoms with Crippen molar-refractivity contribution in [2.75, 3.05) is 13.1 Å². The first-order chi connectivity index (χ1) is 9.49. The van der Waals surface area contributed by atoms with Crippen molar-refractivity contribution < 1.29 is 14.4 Å². The SMILES string of the molecule is CCNC(=O)CN1C(=O)N[C@@](C)(c2ccccc2)C1=O. The summed E-state index contributed by atoms with van der Waals surface area (Å²) in [5.74, 6) is -0.770. The molecule has 1 aliphatic heterocycles. The van der Waals surface area contributed by atoms with Gasteiger partial charge in [-0.2, -0.15) is 0 Å². The molecular formula is C14H17N3O3. The van der Waals surface area contributed by atoms with Gasteiger partial charge in [0, 0.05) is 6.54 Å². The van der Waals surface area contributed by atoms with Crippen LogP contribution in [0.15, 0.2) is 30.3 Å². The zero-order valence-electron chi connectivity index (χ0n) is 11.5. The second-order valence-corrected chi connectivity index (χ2v) is 4.77. The van der Waals surface area contributed by atoms with Crippen molar-refractivity contribution in [1.29, 1.82) is 0 Å². The largest absolute Gasteiger partial charge is 0.355 e. The maximum Gasteiger partial charge on any atom is 0.325 e. The van der Waals surface area contributed by atoms with Crippen LogP contribution in [-0.2, 0) is 15.1 Å². The van der Waals surface area contributed by atoms with E-state index >= 15 is 0 Å². The van der Waals surface area contributed by atoms with Gasteiger partial charge in [0.05, 0.1) is 0 Å². The Morgan fingerprint density at radius 2 is 1.95 bits per heavy atom. The van der Waals surface area contributed by atoms with Gasteiger partial charge in [-0.25, -0.2) is 4.79 Å². The molecule has 0 unspecified atom stereocenters. The number of likely N-dealkylation sites (N-methyl/N-ethyl adjacent to an activating group) is 1. The standard InChI is InChI=1S/C14H17N3O3/c1-3-15-11(18)9-17-12(19)14(2,16-13(17)20)10-7-5-4-6-8-10/h4-8H,3,9H2,1-2H3,(H,15,18)(H,16,20)/t14-/m0/s1. The molecule has 1 aromatic rings. The number of rotatable bonds is 4. The normalized spacial score (nSPS) is 21.8.